The van der Waals surface area contributed by atoms with E-state index >= 15 is 0 Å². The highest BCUT2D eigenvalue weighted by atomic mass is 19.4. The fraction of sp³-hybridized carbons (Fsp3) is 0.562. The van der Waals surface area contributed by atoms with E-state index in [1.54, 1.807) is 20.8 Å². The number of carbonyl (C=O) groups excluding carboxylic acids is 1. The number of likely N-dealkylation sites (tertiary alicyclic amines) is 1. The minimum atomic E-state index is -4.53. The van der Waals surface area contributed by atoms with Crippen molar-refractivity contribution < 1.29 is 27.4 Å². The van der Waals surface area contributed by atoms with Crippen LogP contribution in [-0.2, 0) is 10.9 Å². The third-order valence-corrected chi connectivity index (χ3v) is 3.39. The highest BCUT2D eigenvalue weighted by Gasteiger charge is 2.37. The van der Waals surface area contributed by atoms with Crippen molar-refractivity contribution in [2.24, 2.45) is 5.92 Å². The highest BCUT2D eigenvalue weighted by Crippen LogP contribution is 2.37. The smallest absolute Gasteiger partial charge is 0.420 e. The van der Waals surface area contributed by atoms with Crippen LogP contribution in [0.4, 0.5) is 23.7 Å². The Kier molecular flexibility index (Phi) is 4.87. The molecule has 0 atom stereocenters. The van der Waals surface area contributed by atoms with Gasteiger partial charge in [0.25, 0.3) is 0 Å². The molecule has 8 heteroatoms. The number of halogens is 3. The zero-order valence-electron chi connectivity index (χ0n) is 13.8. The molecule has 0 unspecified atom stereocenters. The maximum Gasteiger partial charge on any atom is 0.420 e. The van der Waals surface area contributed by atoms with Crippen LogP contribution in [0, 0.1) is 5.92 Å². The minimum Gasteiger partial charge on any atom is -0.493 e. The van der Waals surface area contributed by atoms with E-state index in [0.29, 0.717) is 13.1 Å². The Balaban J connectivity index is 1.88. The summed E-state index contributed by atoms with van der Waals surface area (Å²) in [6, 6.07) is 3.42. The summed E-state index contributed by atoms with van der Waals surface area (Å²) in [6.07, 6.45) is -4.96. The van der Waals surface area contributed by atoms with Crippen LogP contribution >= 0.6 is 0 Å². The third-order valence-electron chi connectivity index (χ3n) is 3.39. The molecule has 24 heavy (non-hydrogen) atoms. The first-order valence-electron chi connectivity index (χ1n) is 7.53. The zero-order valence-corrected chi connectivity index (χ0v) is 13.8. The van der Waals surface area contributed by atoms with Gasteiger partial charge in [-0.15, -0.1) is 0 Å². The molecule has 1 aromatic carbocycles. The Bertz CT molecular complexity index is 606. The Hall–Kier alpha value is -2.12. The first kappa shape index (κ1) is 18.2. The van der Waals surface area contributed by atoms with Gasteiger partial charge < -0.3 is 20.1 Å². The van der Waals surface area contributed by atoms with Crippen molar-refractivity contribution in [3.8, 4) is 5.75 Å². The number of benzene rings is 1. The van der Waals surface area contributed by atoms with Crippen LogP contribution in [-0.4, -0.2) is 36.3 Å². The van der Waals surface area contributed by atoms with Gasteiger partial charge in [0.2, 0.25) is 0 Å². The van der Waals surface area contributed by atoms with Gasteiger partial charge in [-0.1, -0.05) is 0 Å². The zero-order chi connectivity index (χ0) is 18.1. The molecule has 2 rings (SSSR count). The monoisotopic (exact) mass is 346 g/mol. The summed E-state index contributed by atoms with van der Waals surface area (Å²) < 4.78 is 49.4. The molecular formula is C16H21F3N2O3. The number of amides is 1. The van der Waals surface area contributed by atoms with Crippen molar-refractivity contribution in [2.45, 2.75) is 32.5 Å². The lowest BCUT2D eigenvalue weighted by Crippen LogP contribution is -2.53. The number of hydrogen-bond acceptors (Lipinski definition) is 4. The van der Waals surface area contributed by atoms with Gasteiger partial charge >= 0.3 is 12.3 Å². The van der Waals surface area contributed by atoms with Crippen LogP contribution in [0.25, 0.3) is 0 Å². The van der Waals surface area contributed by atoms with E-state index in [2.05, 4.69) is 0 Å². The second kappa shape index (κ2) is 6.41. The molecule has 0 aromatic heterocycles. The summed E-state index contributed by atoms with van der Waals surface area (Å²) in [5, 5.41) is 0. The van der Waals surface area contributed by atoms with Crippen LogP contribution in [0.5, 0.6) is 5.75 Å². The summed E-state index contributed by atoms with van der Waals surface area (Å²) in [5.74, 6) is -0.288. The summed E-state index contributed by atoms with van der Waals surface area (Å²) in [5.41, 5.74) is 3.95. The Morgan fingerprint density at radius 1 is 1.29 bits per heavy atom. The lowest BCUT2D eigenvalue weighted by molar-refractivity contribution is -0.139. The lowest BCUT2D eigenvalue weighted by atomic mass is 10.0. The van der Waals surface area contributed by atoms with Crippen LogP contribution in [0.3, 0.4) is 0 Å². The average molecular weight is 346 g/mol. The molecule has 0 bridgehead atoms. The minimum absolute atomic E-state index is 0.0226. The lowest BCUT2D eigenvalue weighted by Gasteiger charge is -2.39. The number of ether oxygens (including phenoxy) is 2. The number of rotatable bonds is 3. The number of nitrogen functional groups attached to an aromatic ring is 1. The molecule has 1 amide bonds. The van der Waals surface area contributed by atoms with Crippen molar-refractivity contribution in [1.29, 1.82) is 0 Å². The molecule has 1 aliphatic heterocycles. The van der Waals surface area contributed by atoms with Gasteiger partial charge in [0, 0.05) is 24.7 Å². The van der Waals surface area contributed by atoms with Gasteiger partial charge in [0.1, 0.15) is 11.4 Å². The van der Waals surface area contributed by atoms with Crippen molar-refractivity contribution >= 4 is 11.8 Å². The van der Waals surface area contributed by atoms with Gasteiger partial charge in [-0.25, -0.2) is 4.79 Å². The molecule has 1 saturated heterocycles. The molecule has 0 radical (unpaired) electrons. The van der Waals surface area contributed by atoms with Gasteiger partial charge in [0.05, 0.1) is 12.2 Å². The topological polar surface area (TPSA) is 64.8 Å². The van der Waals surface area contributed by atoms with Crippen molar-refractivity contribution in [2.75, 3.05) is 25.4 Å². The molecule has 0 saturated carbocycles. The third kappa shape index (κ3) is 4.69. The van der Waals surface area contributed by atoms with Crippen LogP contribution < -0.4 is 10.5 Å². The van der Waals surface area contributed by atoms with Crippen LogP contribution in [0.1, 0.15) is 26.3 Å². The second-order valence-electron chi connectivity index (χ2n) is 6.82. The predicted molar refractivity (Wildman–Crippen MR) is 82.6 cm³/mol. The molecule has 0 aliphatic carbocycles. The van der Waals surface area contributed by atoms with Crippen LogP contribution in [0.15, 0.2) is 18.2 Å². The fourth-order valence-corrected chi connectivity index (χ4v) is 2.25. The van der Waals surface area contributed by atoms with Gasteiger partial charge in [-0.3, -0.25) is 0 Å². The SMILES string of the molecule is CC(C)(C)OC(=O)N1CC(COc2ccc(N)cc2C(F)(F)F)C1. The highest BCUT2D eigenvalue weighted by molar-refractivity contribution is 5.69. The normalized spacial score (nSPS) is 15.8. The largest absolute Gasteiger partial charge is 0.493 e. The Morgan fingerprint density at radius 3 is 2.46 bits per heavy atom. The number of alkyl halides is 3. The first-order valence-corrected chi connectivity index (χ1v) is 7.53. The second-order valence-corrected chi connectivity index (χ2v) is 6.82. The van der Waals surface area contributed by atoms with Gasteiger partial charge in [-0.2, -0.15) is 13.2 Å². The molecule has 1 fully saturated rings. The molecule has 1 heterocycles. The quantitative estimate of drug-likeness (QED) is 0.851. The maximum atomic E-state index is 13.0. The molecule has 134 valence electrons. The molecule has 0 spiro atoms. The van der Waals surface area contributed by atoms with E-state index in [4.69, 9.17) is 15.2 Å². The van der Waals surface area contributed by atoms with Crippen molar-refractivity contribution in [1.82, 2.24) is 4.90 Å². The van der Waals surface area contributed by atoms with E-state index < -0.39 is 23.4 Å². The number of hydrogen-bond donors (Lipinski definition) is 1. The molecule has 1 aliphatic rings. The van der Waals surface area contributed by atoms with Crippen molar-refractivity contribution in [3.63, 3.8) is 0 Å². The number of nitrogens with zero attached hydrogens (tertiary/aromatic N) is 1. The molecular weight excluding hydrogens is 325 g/mol. The standard InChI is InChI=1S/C16H21F3N2O3/c1-15(2,3)24-14(22)21-7-10(8-21)9-23-13-5-4-11(20)6-12(13)16(17,18)19/h4-6,10H,7-9,20H2,1-3H3. The van der Waals surface area contributed by atoms with E-state index in [9.17, 15) is 18.0 Å². The summed E-state index contributed by atoms with van der Waals surface area (Å²) in [6.45, 7) is 6.18. The van der Waals surface area contributed by atoms with E-state index in [-0.39, 0.29) is 24.0 Å². The molecule has 2 N–H and O–H groups in total. The van der Waals surface area contributed by atoms with E-state index in [0.717, 1.165) is 6.07 Å². The molecule has 5 nitrogen and oxygen atoms in total. The predicted octanol–water partition coefficient (Wildman–Crippen LogP) is 3.53. The Morgan fingerprint density at radius 2 is 1.92 bits per heavy atom. The average Bonchev–Trinajstić information content (AvgIpc) is 2.35. The number of carbonyl (C=O) groups is 1. The van der Waals surface area contributed by atoms with Gasteiger partial charge in [0.15, 0.2) is 0 Å². The summed E-state index contributed by atoms with van der Waals surface area (Å²) in [4.78, 5) is 13.3. The summed E-state index contributed by atoms with van der Waals surface area (Å²) in [7, 11) is 0. The number of nitrogens with two attached hydrogens (primary N) is 1. The maximum absolute atomic E-state index is 13.0. The fourth-order valence-electron chi connectivity index (χ4n) is 2.25. The summed E-state index contributed by atoms with van der Waals surface area (Å²) >= 11 is 0. The van der Waals surface area contributed by atoms with E-state index in [1.165, 1.54) is 17.0 Å². The molecule has 1 aromatic rings. The van der Waals surface area contributed by atoms with Crippen molar-refractivity contribution in [3.05, 3.63) is 23.8 Å². The van der Waals surface area contributed by atoms with Crippen LogP contribution in [0.2, 0.25) is 0 Å². The van der Waals surface area contributed by atoms with Gasteiger partial charge in [-0.05, 0) is 39.0 Å². The number of anilines is 1. The Labute approximate surface area is 138 Å². The van der Waals surface area contributed by atoms with E-state index in [1.807, 2.05) is 0 Å². The first-order chi connectivity index (χ1) is 11.0.